The summed E-state index contributed by atoms with van der Waals surface area (Å²) in [6.07, 6.45) is -0.876. The Balaban J connectivity index is 2.57. The SMILES string of the molecule is COC1COC(C(C)OC(C)=O)C1OC. The molecule has 1 heterocycles. The van der Waals surface area contributed by atoms with E-state index < -0.39 is 0 Å². The molecule has 0 saturated carbocycles. The Kier molecular flexibility index (Phi) is 4.50. The number of hydrogen-bond acceptors (Lipinski definition) is 5. The largest absolute Gasteiger partial charge is 0.460 e. The average Bonchev–Trinajstić information content (AvgIpc) is 2.58. The topological polar surface area (TPSA) is 54.0 Å². The van der Waals surface area contributed by atoms with Gasteiger partial charge in [0.05, 0.1) is 6.61 Å². The van der Waals surface area contributed by atoms with E-state index >= 15 is 0 Å². The highest BCUT2D eigenvalue weighted by Crippen LogP contribution is 2.23. The second kappa shape index (κ2) is 5.44. The van der Waals surface area contributed by atoms with Crippen LogP contribution >= 0.6 is 0 Å². The molecule has 1 aliphatic rings. The Hall–Kier alpha value is -0.650. The molecule has 1 aliphatic heterocycles. The predicted molar refractivity (Wildman–Crippen MR) is 52.6 cm³/mol. The van der Waals surface area contributed by atoms with E-state index in [1.165, 1.54) is 6.92 Å². The lowest BCUT2D eigenvalue weighted by molar-refractivity contribution is -0.155. The molecule has 4 unspecified atom stereocenters. The minimum absolute atomic E-state index is 0.0991. The second-order valence-electron chi connectivity index (χ2n) is 3.59. The van der Waals surface area contributed by atoms with E-state index in [1.807, 2.05) is 0 Å². The molecular weight excluding hydrogens is 200 g/mol. The first-order chi connectivity index (χ1) is 7.10. The molecule has 1 fully saturated rings. The molecule has 0 aromatic rings. The molecule has 0 aliphatic carbocycles. The molecule has 1 saturated heterocycles. The standard InChI is InChI=1S/C10H18O5/c1-6(15-7(2)11)9-10(13-4)8(12-3)5-14-9/h6,8-10H,5H2,1-4H3. The minimum atomic E-state index is -0.326. The van der Waals surface area contributed by atoms with Crippen molar-refractivity contribution in [1.82, 2.24) is 0 Å². The van der Waals surface area contributed by atoms with Crippen LogP contribution in [0.1, 0.15) is 13.8 Å². The molecule has 1 rings (SSSR count). The second-order valence-corrected chi connectivity index (χ2v) is 3.59. The Morgan fingerprint density at radius 3 is 2.53 bits per heavy atom. The van der Waals surface area contributed by atoms with Gasteiger partial charge < -0.3 is 18.9 Å². The Bertz CT molecular complexity index is 218. The summed E-state index contributed by atoms with van der Waals surface area (Å²) in [6.45, 7) is 3.63. The molecule has 0 N–H and O–H groups in total. The monoisotopic (exact) mass is 218 g/mol. The summed E-state index contributed by atoms with van der Waals surface area (Å²) in [5.41, 5.74) is 0. The van der Waals surface area contributed by atoms with Gasteiger partial charge in [-0.15, -0.1) is 0 Å². The molecule has 15 heavy (non-hydrogen) atoms. The van der Waals surface area contributed by atoms with Crippen molar-refractivity contribution in [3.05, 3.63) is 0 Å². The van der Waals surface area contributed by atoms with Crippen molar-refractivity contribution in [3.63, 3.8) is 0 Å². The fourth-order valence-corrected chi connectivity index (χ4v) is 1.83. The maximum absolute atomic E-state index is 10.8. The van der Waals surface area contributed by atoms with Gasteiger partial charge in [0.25, 0.3) is 0 Å². The summed E-state index contributed by atoms with van der Waals surface area (Å²) in [7, 11) is 3.21. The fourth-order valence-electron chi connectivity index (χ4n) is 1.83. The van der Waals surface area contributed by atoms with Gasteiger partial charge in [0.15, 0.2) is 0 Å². The van der Waals surface area contributed by atoms with Crippen LogP contribution in [0.3, 0.4) is 0 Å². The zero-order valence-corrected chi connectivity index (χ0v) is 9.56. The third-order valence-electron chi connectivity index (χ3n) is 2.53. The van der Waals surface area contributed by atoms with Crippen molar-refractivity contribution < 1.29 is 23.7 Å². The smallest absolute Gasteiger partial charge is 0.302 e. The Labute approximate surface area is 89.6 Å². The maximum atomic E-state index is 10.8. The average molecular weight is 218 g/mol. The van der Waals surface area contributed by atoms with Gasteiger partial charge in [0, 0.05) is 21.1 Å². The van der Waals surface area contributed by atoms with Crippen molar-refractivity contribution in [1.29, 1.82) is 0 Å². The van der Waals surface area contributed by atoms with E-state index in [1.54, 1.807) is 21.1 Å². The van der Waals surface area contributed by atoms with E-state index in [-0.39, 0.29) is 30.4 Å². The number of hydrogen-bond donors (Lipinski definition) is 0. The van der Waals surface area contributed by atoms with E-state index in [4.69, 9.17) is 18.9 Å². The molecule has 0 aromatic heterocycles. The van der Waals surface area contributed by atoms with E-state index in [9.17, 15) is 4.79 Å². The molecule has 5 nitrogen and oxygen atoms in total. The summed E-state index contributed by atoms with van der Waals surface area (Å²) in [5.74, 6) is -0.318. The summed E-state index contributed by atoms with van der Waals surface area (Å²) in [4.78, 5) is 10.8. The summed E-state index contributed by atoms with van der Waals surface area (Å²) >= 11 is 0. The molecule has 0 bridgehead atoms. The van der Waals surface area contributed by atoms with Crippen LogP contribution in [0.5, 0.6) is 0 Å². The maximum Gasteiger partial charge on any atom is 0.302 e. The number of rotatable bonds is 4. The molecule has 0 radical (unpaired) electrons. The van der Waals surface area contributed by atoms with Gasteiger partial charge in [-0.1, -0.05) is 0 Å². The molecule has 0 aromatic carbocycles. The van der Waals surface area contributed by atoms with Crippen molar-refractivity contribution >= 4 is 5.97 Å². The first-order valence-corrected chi connectivity index (χ1v) is 4.94. The lowest BCUT2D eigenvalue weighted by atomic mass is 10.1. The number of methoxy groups -OCH3 is 2. The van der Waals surface area contributed by atoms with Gasteiger partial charge in [-0.05, 0) is 6.92 Å². The van der Waals surface area contributed by atoms with Gasteiger partial charge in [-0.2, -0.15) is 0 Å². The first kappa shape index (κ1) is 12.4. The van der Waals surface area contributed by atoms with Gasteiger partial charge in [-0.3, -0.25) is 4.79 Å². The van der Waals surface area contributed by atoms with Crippen LogP contribution in [0, 0.1) is 0 Å². The minimum Gasteiger partial charge on any atom is -0.460 e. The van der Waals surface area contributed by atoms with Crippen molar-refractivity contribution in [2.24, 2.45) is 0 Å². The van der Waals surface area contributed by atoms with E-state index in [0.29, 0.717) is 6.61 Å². The quantitative estimate of drug-likeness (QED) is 0.638. The molecule has 4 atom stereocenters. The highest BCUT2D eigenvalue weighted by atomic mass is 16.6. The fraction of sp³-hybridized carbons (Fsp3) is 0.900. The van der Waals surface area contributed by atoms with Crippen LogP contribution in [-0.4, -0.2) is 51.2 Å². The van der Waals surface area contributed by atoms with Crippen LogP contribution in [-0.2, 0) is 23.7 Å². The summed E-state index contributed by atoms with van der Waals surface area (Å²) < 4.78 is 21.1. The van der Waals surface area contributed by atoms with Gasteiger partial charge in [0.2, 0.25) is 0 Å². The zero-order valence-electron chi connectivity index (χ0n) is 9.56. The normalized spacial score (nSPS) is 32.7. The highest BCUT2D eigenvalue weighted by Gasteiger charge is 2.42. The third-order valence-corrected chi connectivity index (χ3v) is 2.53. The number of ether oxygens (including phenoxy) is 4. The molecule has 88 valence electrons. The molecule has 0 spiro atoms. The number of carbonyl (C=O) groups excluding carboxylic acids is 1. The van der Waals surface area contributed by atoms with E-state index in [0.717, 1.165) is 0 Å². The van der Waals surface area contributed by atoms with E-state index in [2.05, 4.69) is 0 Å². The third kappa shape index (κ3) is 2.90. The lowest BCUT2D eigenvalue weighted by Gasteiger charge is -2.24. The van der Waals surface area contributed by atoms with Crippen LogP contribution in [0.25, 0.3) is 0 Å². The lowest BCUT2D eigenvalue weighted by Crippen LogP contribution is -2.41. The summed E-state index contributed by atoms with van der Waals surface area (Å²) in [6, 6.07) is 0. The number of esters is 1. The predicted octanol–water partition coefficient (Wildman–Crippen LogP) is 0.367. The van der Waals surface area contributed by atoms with Crippen LogP contribution < -0.4 is 0 Å². The van der Waals surface area contributed by atoms with Crippen molar-refractivity contribution in [2.45, 2.75) is 38.3 Å². The Morgan fingerprint density at radius 1 is 1.40 bits per heavy atom. The number of carbonyl (C=O) groups is 1. The van der Waals surface area contributed by atoms with Crippen LogP contribution in [0.2, 0.25) is 0 Å². The molecular formula is C10H18O5. The first-order valence-electron chi connectivity index (χ1n) is 4.94. The highest BCUT2D eigenvalue weighted by molar-refractivity contribution is 5.66. The van der Waals surface area contributed by atoms with Crippen molar-refractivity contribution in [3.8, 4) is 0 Å². The molecule has 5 heteroatoms. The Morgan fingerprint density at radius 2 is 2.07 bits per heavy atom. The zero-order chi connectivity index (χ0) is 11.4. The van der Waals surface area contributed by atoms with Gasteiger partial charge in [0.1, 0.15) is 24.4 Å². The van der Waals surface area contributed by atoms with Crippen LogP contribution in [0.4, 0.5) is 0 Å². The molecule has 0 amide bonds. The van der Waals surface area contributed by atoms with Gasteiger partial charge in [-0.25, -0.2) is 0 Å². The van der Waals surface area contributed by atoms with Crippen LogP contribution in [0.15, 0.2) is 0 Å². The summed E-state index contributed by atoms with van der Waals surface area (Å²) in [5, 5.41) is 0. The van der Waals surface area contributed by atoms with Crippen molar-refractivity contribution in [2.75, 3.05) is 20.8 Å². The van der Waals surface area contributed by atoms with Gasteiger partial charge >= 0.3 is 5.97 Å².